The maximum Gasteiger partial charge on any atom is 0.0529 e. The first-order valence-corrected chi connectivity index (χ1v) is 2.58. The van der Waals surface area contributed by atoms with Gasteiger partial charge in [0.25, 0.3) is 0 Å². The van der Waals surface area contributed by atoms with Crippen molar-refractivity contribution in [1.29, 1.82) is 0 Å². The Balaban J connectivity index is -0.000000117. The van der Waals surface area contributed by atoms with Gasteiger partial charge in [-0.3, -0.25) is 35.1 Å². The predicted octanol–water partition coefficient (Wildman–Crippen LogP) is -3.67. The van der Waals surface area contributed by atoms with Gasteiger partial charge in [-0.25, -0.2) is 0 Å². The van der Waals surface area contributed by atoms with Crippen molar-refractivity contribution < 1.29 is 0 Å². The van der Waals surface area contributed by atoms with Crippen LogP contribution in [0, 0.1) is 0 Å². The van der Waals surface area contributed by atoms with Gasteiger partial charge in [0.2, 0.25) is 0 Å². The highest BCUT2D eigenvalue weighted by Gasteiger charge is 1.60. The first kappa shape index (κ1) is 17.0. The summed E-state index contributed by atoms with van der Waals surface area (Å²) < 4.78 is 0. The van der Waals surface area contributed by atoms with E-state index in [1.54, 1.807) is 18.5 Å². The molecule has 0 atom stereocenters. The molecule has 0 spiro atoms. The Hall–Kier alpha value is -1.23. The number of hydrogen-bond donors (Lipinski definition) is 6. The van der Waals surface area contributed by atoms with E-state index < -0.39 is 0 Å². The number of nitrogens with zero attached hydrogens (tertiary/aromatic N) is 3. The highest BCUT2D eigenvalue weighted by atomic mass is 15.3. The molecule has 9 heteroatoms. The maximum absolute atomic E-state index is 4.00. The van der Waals surface area contributed by atoms with Crippen molar-refractivity contribution >= 4 is 0 Å². The molecule has 0 saturated heterocycles. The highest BCUT2D eigenvalue weighted by molar-refractivity contribution is 4.69. The van der Waals surface area contributed by atoms with Crippen LogP contribution in [0.3, 0.4) is 0 Å². The van der Waals surface area contributed by atoms with Crippen LogP contribution in [0.25, 0.3) is 0 Å². The fourth-order valence-electron chi connectivity index (χ4n) is 0.205. The number of hydrogen-bond acceptors (Lipinski definition) is 9. The quantitative estimate of drug-likeness (QED) is 0.171. The number of aromatic nitrogens is 3. The zero-order chi connectivity index (χ0) is 10.2. The Morgan fingerprint density at radius 3 is 1.08 bits per heavy atom. The third-order valence-corrected chi connectivity index (χ3v) is 0.409. The van der Waals surface area contributed by atoms with Crippen LogP contribution in [0.5, 0.6) is 0 Å². The Morgan fingerprint density at radius 1 is 0.667 bits per heavy atom. The molecule has 0 bridgehead atoms. The lowest BCUT2D eigenvalue weighted by molar-refractivity contribution is 0.865. The Bertz CT molecular complexity index is 81.7. The molecule has 0 unspecified atom stereocenters. The molecule has 9 nitrogen and oxygen atoms in total. The van der Waals surface area contributed by atoms with Crippen molar-refractivity contribution in [3.8, 4) is 0 Å². The molecule has 0 aliphatic heterocycles. The van der Waals surface area contributed by atoms with Crippen molar-refractivity contribution in [2.24, 2.45) is 35.1 Å². The van der Waals surface area contributed by atoms with E-state index in [9.17, 15) is 0 Å². The minimum Gasteiger partial charge on any atom is -0.274 e. The van der Waals surface area contributed by atoms with Crippen LogP contribution in [-0.2, 0) is 0 Å². The van der Waals surface area contributed by atoms with Gasteiger partial charge in [-0.2, -0.15) is 0 Å². The lowest BCUT2D eigenvalue weighted by atomic mass is 10.7. The molecule has 0 fully saturated rings. The topological polar surface area (TPSA) is 195 Å². The Kier molecular flexibility index (Phi) is 46.9. The average molecular weight is 177 g/mol. The molecule has 72 valence electrons. The molecule has 0 amide bonds. The zero-order valence-corrected chi connectivity index (χ0v) is 6.54. The summed E-state index contributed by atoms with van der Waals surface area (Å²) in [5.41, 5.74) is 0. The molecule has 12 heavy (non-hydrogen) atoms. The van der Waals surface area contributed by atoms with Crippen LogP contribution in [-0.4, -0.2) is 15.4 Å². The monoisotopic (exact) mass is 177 g/mol. The molecule has 0 radical (unpaired) electrons. The van der Waals surface area contributed by atoms with Crippen LogP contribution >= 0.6 is 0 Å². The van der Waals surface area contributed by atoms with E-state index >= 15 is 0 Å². The summed E-state index contributed by atoms with van der Waals surface area (Å²) >= 11 is 0. The van der Waals surface area contributed by atoms with E-state index in [-0.39, 0.29) is 0 Å². The van der Waals surface area contributed by atoms with E-state index in [1.165, 1.54) is 0 Å². The Morgan fingerprint density at radius 2 is 1.00 bits per heavy atom. The van der Waals surface area contributed by atoms with Gasteiger partial charge >= 0.3 is 0 Å². The third kappa shape index (κ3) is 23.3. The van der Waals surface area contributed by atoms with Crippen LogP contribution < -0.4 is 35.1 Å². The standard InChI is InChI=1S/C3H3N3.3H4N2/c1-2-4-6-5-3-1;3*1-2/h1-3H;3*1-2H2. The van der Waals surface area contributed by atoms with E-state index in [4.69, 9.17) is 0 Å². The summed E-state index contributed by atoms with van der Waals surface area (Å²) in [5.74, 6) is 24.0. The summed E-state index contributed by atoms with van der Waals surface area (Å²) in [6.07, 6.45) is 3.15. The predicted molar refractivity (Wildman–Crippen MR) is 45.0 cm³/mol. The summed E-state index contributed by atoms with van der Waals surface area (Å²) in [5, 5.41) is 10.1. The number of nitrogens with two attached hydrogens (primary N) is 6. The van der Waals surface area contributed by atoms with Gasteiger partial charge < -0.3 is 0 Å². The summed E-state index contributed by atoms with van der Waals surface area (Å²) in [6, 6.07) is 1.72. The second-order valence-corrected chi connectivity index (χ2v) is 0.811. The summed E-state index contributed by atoms with van der Waals surface area (Å²) in [4.78, 5) is 0. The van der Waals surface area contributed by atoms with Crippen LogP contribution in [0.2, 0.25) is 0 Å². The fraction of sp³-hybridized carbons (Fsp3) is 0. The van der Waals surface area contributed by atoms with Gasteiger partial charge in [0.05, 0.1) is 12.4 Å². The summed E-state index contributed by atoms with van der Waals surface area (Å²) in [6.45, 7) is 0. The molecule has 1 heterocycles. The third-order valence-electron chi connectivity index (χ3n) is 0.409. The van der Waals surface area contributed by atoms with Crippen LogP contribution in [0.4, 0.5) is 0 Å². The van der Waals surface area contributed by atoms with Gasteiger partial charge in [-0.1, -0.05) is 0 Å². The smallest absolute Gasteiger partial charge is 0.0529 e. The molecule has 0 aliphatic rings. The van der Waals surface area contributed by atoms with E-state index in [2.05, 4.69) is 50.5 Å². The lowest BCUT2D eigenvalue weighted by Crippen LogP contribution is -2.02. The zero-order valence-electron chi connectivity index (χ0n) is 6.54. The van der Waals surface area contributed by atoms with Crippen molar-refractivity contribution in [2.45, 2.75) is 0 Å². The molecule has 1 aromatic rings. The summed E-state index contributed by atoms with van der Waals surface area (Å²) in [7, 11) is 0. The molecule has 0 aromatic carbocycles. The molecule has 1 rings (SSSR count). The van der Waals surface area contributed by atoms with Crippen molar-refractivity contribution in [3.63, 3.8) is 0 Å². The molecular formula is C3H15N9. The van der Waals surface area contributed by atoms with Crippen molar-refractivity contribution in [2.75, 3.05) is 0 Å². The SMILES string of the molecule is NN.NN.NN.c1cnnnc1. The van der Waals surface area contributed by atoms with E-state index in [1.807, 2.05) is 0 Å². The maximum atomic E-state index is 4.00. The first-order valence-electron chi connectivity index (χ1n) is 2.58. The van der Waals surface area contributed by atoms with Gasteiger partial charge in [-0.15, -0.1) is 10.2 Å². The van der Waals surface area contributed by atoms with Gasteiger partial charge in [-0.05, 0) is 11.3 Å². The van der Waals surface area contributed by atoms with Gasteiger partial charge in [0.1, 0.15) is 0 Å². The first-order chi connectivity index (χ1) is 6.00. The van der Waals surface area contributed by atoms with E-state index in [0.717, 1.165) is 0 Å². The Labute approximate surface area is 70.0 Å². The minimum atomic E-state index is 1.58. The fourth-order valence-corrected chi connectivity index (χ4v) is 0.205. The normalized spacial score (nSPS) is 5.50. The molecule has 0 saturated carbocycles. The second-order valence-electron chi connectivity index (χ2n) is 0.811. The highest BCUT2D eigenvalue weighted by Crippen LogP contribution is 1.61. The molecule has 12 N–H and O–H groups in total. The molecule has 0 aliphatic carbocycles. The van der Waals surface area contributed by atoms with Crippen LogP contribution in [0.1, 0.15) is 0 Å². The van der Waals surface area contributed by atoms with Crippen LogP contribution in [0.15, 0.2) is 18.5 Å². The molecule has 1 aromatic heterocycles. The van der Waals surface area contributed by atoms with E-state index in [0.29, 0.717) is 0 Å². The van der Waals surface area contributed by atoms with Crippen molar-refractivity contribution in [3.05, 3.63) is 18.5 Å². The largest absolute Gasteiger partial charge is 0.274 e. The van der Waals surface area contributed by atoms with Gasteiger partial charge in [0.15, 0.2) is 0 Å². The average Bonchev–Trinajstić information content (AvgIpc) is 2.29. The number of hydrazine groups is 3. The van der Waals surface area contributed by atoms with Crippen molar-refractivity contribution in [1.82, 2.24) is 15.4 Å². The minimum absolute atomic E-state index is 1.58. The number of rotatable bonds is 0. The second kappa shape index (κ2) is 33.0. The van der Waals surface area contributed by atoms with Gasteiger partial charge in [0, 0.05) is 0 Å². The molecular weight excluding hydrogens is 162 g/mol. The lowest BCUT2D eigenvalue weighted by Gasteiger charge is -1.68.